The van der Waals surface area contributed by atoms with Crippen LogP contribution in [0.4, 0.5) is 0 Å². The third-order valence-electron chi connectivity index (χ3n) is 5.34. The van der Waals surface area contributed by atoms with E-state index in [-0.39, 0.29) is 11.8 Å². The fourth-order valence-corrected chi connectivity index (χ4v) is 4.61. The molecule has 0 radical (unpaired) electrons. The summed E-state index contributed by atoms with van der Waals surface area (Å²) in [5.74, 6) is 0.141. The highest BCUT2D eigenvalue weighted by molar-refractivity contribution is 7.13. The van der Waals surface area contributed by atoms with E-state index in [0.717, 1.165) is 24.9 Å². The number of nitrogens with zero attached hydrogens (tertiary/aromatic N) is 1. The molecule has 27 heavy (non-hydrogen) atoms. The van der Waals surface area contributed by atoms with Crippen molar-refractivity contribution in [2.24, 2.45) is 17.1 Å². The van der Waals surface area contributed by atoms with Gasteiger partial charge in [-0.25, -0.2) is 0 Å². The van der Waals surface area contributed by atoms with Crippen molar-refractivity contribution >= 4 is 23.2 Å². The Morgan fingerprint density at radius 1 is 1.22 bits per heavy atom. The number of carbonyl (C=O) groups is 2. The van der Waals surface area contributed by atoms with E-state index in [0.29, 0.717) is 25.3 Å². The summed E-state index contributed by atoms with van der Waals surface area (Å²) < 4.78 is 0. The normalized spacial score (nSPS) is 20.0. The third-order valence-corrected chi connectivity index (χ3v) is 6.26. The molecule has 2 N–H and O–H groups in total. The summed E-state index contributed by atoms with van der Waals surface area (Å²) in [6.07, 6.45) is 2.66. The standard InChI is InChI=1S/C22H28N2O2S/c1-16(2)13-20(25)24-11-4-10-22(15-24,21(23)26)14-17-6-8-18(9-7-17)19-5-3-12-27-19/h3,5-9,12,16H,4,10-11,13-15H2,1-2H3,(H2,23,26)/t22-/m0/s1. The van der Waals surface area contributed by atoms with E-state index in [4.69, 9.17) is 5.73 Å². The minimum atomic E-state index is -0.671. The summed E-state index contributed by atoms with van der Waals surface area (Å²) in [6.45, 7) is 5.23. The number of piperidine rings is 1. The Morgan fingerprint density at radius 2 is 1.96 bits per heavy atom. The molecule has 1 atom stereocenters. The Hall–Kier alpha value is -2.14. The largest absolute Gasteiger partial charge is 0.369 e. The van der Waals surface area contributed by atoms with Gasteiger partial charge in [-0.2, -0.15) is 0 Å². The van der Waals surface area contributed by atoms with Gasteiger partial charge in [-0.3, -0.25) is 9.59 Å². The highest BCUT2D eigenvalue weighted by atomic mass is 32.1. The summed E-state index contributed by atoms with van der Waals surface area (Å²) >= 11 is 1.71. The molecule has 2 amide bonds. The van der Waals surface area contributed by atoms with Gasteiger partial charge in [-0.05, 0) is 47.8 Å². The van der Waals surface area contributed by atoms with E-state index in [1.807, 2.05) is 24.8 Å². The smallest absolute Gasteiger partial charge is 0.225 e. The van der Waals surface area contributed by atoms with Crippen molar-refractivity contribution in [1.82, 2.24) is 4.90 Å². The Balaban J connectivity index is 1.76. The highest BCUT2D eigenvalue weighted by Gasteiger charge is 2.42. The second kappa shape index (κ2) is 8.26. The first-order valence-electron chi connectivity index (χ1n) is 9.60. The van der Waals surface area contributed by atoms with E-state index in [9.17, 15) is 9.59 Å². The summed E-state index contributed by atoms with van der Waals surface area (Å²) in [6, 6.07) is 12.5. The number of nitrogens with two attached hydrogens (primary N) is 1. The van der Waals surface area contributed by atoms with Crippen LogP contribution in [0, 0.1) is 11.3 Å². The molecule has 0 saturated carbocycles. The third kappa shape index (κ3) is 4.59. The number of likely N-dealkylation sites (tertiary alicyclic amines) is 1. The molecule has 1 aliphatic rings. The average Bonchev–Trinajstić information content (AvgIpc) is 3.16. The number of benzene rings is 1. The fraction of sp³-hybridized carbons (Fsp3) is 0.455. The van der Waals surface area contributed by atoms with Crippen LogP contribution in [-0.4, -0.2) is 29.8 Å². The Morgan fingerprint density at radius 3 is 2.56 bits per heavy atom. The van der Waals surface area contributed by atoms with E-state index >= 15 is 0 Å². The van der Waals surface area contributed by atoms with Crippen LogP contribution in [0.2, 0.25) is 0 Å². The molecule has 2 heterocycles. The minimum Gasteiger partial charge on any atom is -0.369 e. The monoisotopic (exact) mass is 384 g/mol. The van der Waals surface area contributed by atoms with Gasteiger partial charge in [-0.1, -0.05) is 44.2 Å². The van der Waals surface area contributed by atoms with Crippen LogP contribution in [0.25, 0.3) is 10.4 Å². The second-order valence-corrected chi connectivity index (χ2v) is 8.96. The summed E-state index contributed by atoms with van der Waals surface area (Å²) in [7, 11) is 0. The molecule has 1 aromatic carbocycles. The molecule has 3 rings (SSSR count). The molecule has 144 valence electrons. The van der Waals surface area contributed by atoms with Gasteiger partial charge >= 0.3 is 0 Å². The van der Waals surface area contributed by atoms with Crippen LogP contribution in [0.15, 0.2) is 41.8 Å². The number of rotatable bonds is 6. The van der Waals surface area contributed by atoms with Gasteiger partial charge in [0.15, 0.2) is 0 Å². The predicted octanol–water partition coefficient (Wildman–Crippen LogP) is 4.10. The van der Waals surface area contributed by atoms with Crippen LogP contribution < -0.4 is 5.73 Å². The Labute approximate surface area is 165 Å². The molecular formula is C22H28N2O2S. The molecule has 0 bridgehead atoms. The first-order valence-corrected chi connectivity index (χ1v) is 10.5. The first kappa shape index (κ1) is 19.6. The maximum absolute atomic E-state index is 12.5. The minimum absolute atomic E-state index is 0.128. The van der Waals surface area contributed by atoms with E-state index in [2.05, 4.69) is 35.7 Å². The van der Waals surface area contributed by atoms with Gasteiger partial charge in [0.1, 0.15) is 0 Å². The Bertz CT molecular complexity index is 783. The fourth-order valence-electron chi connectivity index (χ4n) is 3.88. The van der Waals surface area contributed by atoms with Crippen molar-refractivity contribution in [3.8, 4) is 10.4 Å². The lowest BCUT2D eigenvalue weighted by Gasteiger charge is -2.41. The predicted molar refractivity (Wildman–Crippen MR) is 110 cm³/mol. The van der Waals surface area contributed by atoms with Gasteiger partial charge in [0.25, 0.3) is 0 Å². The molecule has 0 aliphatic carbocycles. The SMILES string of the molecule is CC(C)CC(=O)N1CCC[C@@](Cc2ccc(-c3cccs3)cc2)(C(N)=O)C1. The highest BCUT2D eigenvalue weighted by Crippen LogP contribution is 2.35. The van der Waals surface area contributed by atoms with E-state index < -0.39 is 5.41 Å². The van der Waals surface area contributed by atoms with Crippen LogP contribution >= 0.6 is 11.3 Å². The Kier molecular flexibility index (Phi) is 6.00. The molecule has 1 fully saturated rings. The molecule has 1 aromatic heterocycles. The number of carbonyl (C=O) groups excluding carboxylic acids is 2. The zero-order valence-electron chi connectivity index (χ0n) is 16.1. The zero-order valence-corrected chi connectivity index (χ0v) is 16.9. The lowest BCUT2D eigenvalue weighted by atomic mass is 9.74. The van der Waals surface area contributed by atoms with Gasteiger partial charge in [-0.15, -0.1) is 11.3 Å². The van der Waals surface area contributed by atoms with Crippen molar-refractivity contribution in [1.29, 1.82) is 0 Å². The van der Waals surface area contributed by atoms with Crippen LogP contribution in [0.5, 0.6) is 0 Å². The lowest BCUT2D eigenvalue weighted by Crippen LogP contribution is -2.53. The van der Waals surface area contributed by atoms with Crippen LogP contribution in [0.1, 0.15) is 38.7 Å². The molecule has 5 heteroatoms. The van der Waals surface area contributed by atoms with Crippen molar-refractivity contribution < 1.29 is 9.59 Å². The summed E-state index contributed by atoms with van der Waals surface area (Å²) in [5, 5.41) is 2.07. The second-order valence-electron chi connectivity index (χ2n) is 8.01. The molecule has 1 saturated heterocycles. The number of amides is 2. The van der Waals surface area contributed by atoms with Gasteiger partial charge in [0.05, 0.1) is 5.41 Å². The molecule has 0 spiro atoms. The molecule has 1 aliphatic heterocycles. The van der Waals surface area contributed by atoms with Crippen molar-refractivity contribution in [3.63, 3.8) is 0 Å². The maximum atomic E-state index is 12.5. The van der Waals surface area contributed by atoms with Gasteiger partial charge < -0.3 is 10.6 Å². The number of primary amides is 1. The van der Waals surface area contributed by atoms with Gasteiger partial charge in [0.2, 0.25) is 11.8 Å². The topological polar surface area (TPSA) is 63.4 Å². The zero-order chi connectivity index (χ0) is 19.4. The molecular weight excluding hydrogens is 356 g/mol. The summed E-state index contributed by atoms with van der Waals surface area (Å²) in [4.78, 5) is 28.0. The van der Waals surface area contributed by atoms with Crippen LogP contribution in [-0.2, 0) is 16.0 Å². The number of hydrogen-bond donors (Lipinski definition) is 1. The van der Waals surface area contributed by atoms with E-state index in [1.165, 1.54) is 10.4 Å². The number of hydrogen-bond acceptors (Lipinski definition) is 3. The quantitative estimate of drug-likeness (QED) is 0.815. The average molecular weight is 385 g/mol. The molecule has 0 unspecified atom stereocenters. The summed E-state index contributed by atoms with van der Waals surface area (Å²) in [5.41, 5.74) is 7.44. The van der Waals surface area contributed by atoms with Crippen molar-refractivity contribution in [3.05, 3.63) is 47.3 Å². The van der Waals surface area contributed by atoms with E-state index in [1.54, 1.807) is 11.3 Å². The lowest BCUT2D eigenvalue weighted by molar-refractivity contribution is -0.140. The number of thiophene rings is 1. The van der Waals surface area contributed by atoms with Crippen molar-refractivity contribution in [2.45, 2.75) is 39.5 Å². The van der Waals surface area contributed by atoms with Crippen LogP contribution in [0.3, 0.4) is 0 Å². The van der Waals surface area contributed by atoms with Crippen molar-refractivity contribution in [2.75, 3.05) is 13.1 Å². The maximum Gasteiger partial charge on any atom is 0.225 e. The molecule has 4 nitrogen and oxygen atoms in total. The van der Waals surface area contributed by atoms with Gasteiger partial charge in [0, 0.05) is 24.4 Å². The molecule has 2 aromatic rings. The first-order chi connectivity index (χ1) is 12.9.